The summed E-state index contributed by atoms with van der Waals surface area (Å²) in [6.45, 7) is 11.0. The van der Waals surface area contributed by atoms with Gasteiger partial charge in [0.1, 0.15) is 23.3 Å². The van der Waals surface area contributed by atoms with Crippen molar-refractivity contribution in [2.75, 3.05) is 67.3 Å². The first-order valence-electron chi connectivity index (χ1n) is 13.2. The minimum Gasteiger partial charge on any atom is -0.744 e. The summed E-state index contributed by atoms with van der Waals surface area (Å²) >= 11 is 0. The van der Waals surface area contributed by atoms with E-state index in [9.17, 15) is 17.8 Å². The molecule has 2 aromatic carbocycles. The number of aryl methyl sites for hydroxylation is 1. The minimum atomic E-state index is -4.27. The summed E-state index contributed by atoms with van der Waals surface area (Å²) in [6, 6.07) is 15.5. The monoisotopic (exact) mass is 582 g/mol. The number of nitrogens with one attached hydrogen (secondary N) is 1. The van der Waals surface area contributed by atoms with E-state index < -0.39 is 10.1 Å². The Kier molecular flexibility index (Phi) is 16.0. The lowest BCUT2D eigenvalue weighted by atomic mass is 10.0. The van der Waals surface area contributed by atoms with Gasteiger partial charge in [-0.15, -0.1) is 0 Å². The maximum absolute atomic E-state index is 12.1. The Labute approximate surface area is 239 Å². The molecule has 0 aromatic heterocycles. The van der Waals surface area contributed by atoms with E-state index in [0.29, 0.717) is 33.0 Å². The van der Waals surface area contributed by atoms with E-state index in [1.807, 2.05) is 51.1 Å². The molecule has 0 aliphatic rings. The average molecular weight is 583 g/mol. The molecule has 0 fully saturated rings. The van der Waals surface area contributed by atoms with Crippen molar-refractivity contribution in [3.63, 3.8) is 0 Å². The Morgan fingerprint density at radius 3 is 2.05 bits per heavy atom. The van der Waals surface area contributed by atoms with Gasteiger partial charge >= 0.3 is 6.09 Å². The Morgan fingerprint density at radius 1 is 0.900 bits per heavy atom. The highest BCUT2D eigenvalue weighted by Crippen LogP contribution is 2.13. The highest BCUT2D eigenvalue weighted by molar-refractivity contribution is 7.85. The number of methoxy groups -OCH3 is 1. The zero-order valence-electron chi connectivity index (χ0n) is 24.7. The van der Waals surface area contributed by atoms with E-state index in [4.69, 9.17) is 18.9 Å². The van der Waals surface area contributed by atoms with Crippen LogP contribution in [0.3, 0.4) is 0 Å². The molecule has 1 N–H and O–H groups in total. The van der Waals surface area contributed by atoms with Crippen molar-refractivity contribution in [2.45, 2.75) is 44.2 Å². The van der Waals surface area contributed by atoms with Gasteiger partial charge in [0.2, 0.25) is 0 Å². The van der Waals surface area contributed by atoms with Crippen LogP contribution in [0.15, 0.2) is 59.5 Å². The largest absolute Gasteiger partial charge is 0.744 e. The van der Waals surface area contributed by atoms with Gasteiger partial charge in [0.25, 0.3) is 0 Å². The van der Waals surface area contributed by atoms with Crippen LogP contribution in [0.4, 0.5) is 4.79 Å². The molecule has 0 heterocycles. The molecule has 0 atom stereocenters. The molecule has 0 bridgehead atoms. The quantitative estimate of drug-likeness (QED) is 0.180. The molecular weight excluding hydrogens is 536 g/mol. The summed E-state index contributed by atoms with van der Waals surface area (Å²) in [6.07, 6.45) is 0.446. The number of carbonyl (C=O) groups is 1. The van der Waals surface area contributed by atoms with Crippen LogP contribution < -0.4 is 5.32 Å². The molecular formula is C29H46N2O8S. The molecule has 0 radical (unpaired) electrons. The fourth-order valence-electron chi connectivity index (χ4n) is 3.27. The summed E-state index contributed by atoms with van der Waals surface area (Å²) in [5, 5.41) is 2.97. The molecule has 226 valence electrons. The van der Waals surface area contributed by atoms with Crippen molar-refractivity contribution in [1.29, 1.82) is 0 Å². The zero-order chi connectivity index (χ0) is 30.1. The fraction of sp³-hybridized carbons (Fsp3) is 0.552. The van der Waals surface area contributed by atoms with Crippen LogP contribution in [0.5, 0.6) is 0 Å². The maximum atomic E-state index is 12.1. The molecule has 2 rings (SSSR count). The van der Waals surface area contributed by atoms with Crippen molar-refractivity contribution in [1.82, 2.24) is 5.32 Å². The summed E-state index contributed by atoms with van der Waals surface area (Å²) < 4.78 is 53.3. The van der Waals surface area contributed by atoms with Crippen LogP contribution in [0.25, 0.3) is 0 Å². The molecule has 11 heteroatoms. The minimum absolute atomic E-state index is 0.178. The Bertz CT molecular complexity index is 1070. The number of alkyl carbamates (subject to hydrolysis) is 1. The lowest BCUT2D eigenvalue weighted by Crippen LogP contribution is -2.50. The number of likely N-dealkylation sites (N-methyl/N-ethyl adjacent to an activating group) is 1. The average Bonchev–Trinajstić information content (AvgIpc) is 2.88. The number of ether oxygens (including phenoxy) is 4. The van der Waals surface area contributed by atoms with Crippen molar-refractivity contribution in [2.24, 2.45) is 0 Å². The van der Waals surface area contributed by atoms with Gasteiger partial charge in [-0.05, 0) is 38.5 Å². The van der Waals surface area contributed by atoms with Crippen LogP contribution in [0.2, 0.25) is 0 Å². The van der Waals surface area contributed by atoms with Crippen LogP contribution >= 0.6 is 0 Å². The van der Waals surface area contributed by atoms with Crippen LogP contribution in [-0.2, 0) is 35.7 Å². The SMILES string of the molecule is COCCOCCOCC[N+](C)(C)CCC(C)(C)NC(=O)OCc1ccccc1.Cc1ccc(S(=O)(=O)[O-])cc1. The standard InChI is InChI=1S/C22H38N2O5.C7H8O3S/c1-22(2,23-21(25)29-19-20-9-7-6-8-10-20)11-12-24(3,4)13-14-27-17-18-28-16-15-26-5;1-6-2-4-7(5-3-6)11(8,9)10/h6-10H,11-19H2,1-5H3;2-5H,1H3,(H,8,9,10). The number of hydrogen-bond donors (Lipinski definition) is 1. The van der Waals surface area contributed by atoms with Gasteiger partial charge in [0.15, 0.2) is 0 Å². The van der Waals surface area contributed by atoms with Crippen molar-refractivity contribution >= 4 is 16.2 Å². The van der Waals surface area contributed by atoms with Gasteiger partial charge in [-0.3, -0.25) is 0 Å². The van der Waals surface area contributed by atoms with Gasteiger partial charge in [0.05, 0.1) is 58.6 Å². The normalized spacial score (nSPS) is 11.9. The molecule has 0 unspecified atom stereocenters. The third kappa shape index (κ3) is 17.2. The number of nitrogens with zero attached hydrogens (tertiary/aromatic N) is 1. The summed E-state index contributed by atoms with van der Waals surface area (Å²) in [4.78, 5) is 11.9. The molecule has 0 saturated carbocycles. The Morgan fingerprint density at radius 2 is 1.48 bits per heavy atom. The first-order chi connectivity index (χ1) is 18.7. The number of benzene rings is 2. The summed E-state index contributed by atoms with van der Waals surface area (Å²) in [5.74, 6) is 0. The van der Waals surface area contributed by atoms with Gasteiger partial charge < -0.3 is 33.3 Å². The van der Waals surface area contributed by atoms with Crippen molar-refractivity contribution < 1.29 is 41.2 Å². The topological polar surface area (TPSA) is 123 Å². The molecule has 0 aliphatic heterocycles. The molecule has 2 aromatic rings. The molecule has 0 saturated heterocycles. The molecule has 1 amide bonds. The van der Waals surface area contributed by atoms with E-state index >= 15 is 0 Å². The third-order valence-electron chi connectivity index (χ3n) is 5.95. The third-order valence-corrected chi connectivity index (χ3v) is 6.80. The Balaban J connectivity index is 0.000000603. The molecule has 40 heavy (non-hydrogen) atoms. The molecule has 10 nitrogen and oxygen atoms in total. The lowest BCUT2D eigenvalue weighted by molar-refractivity contribution is -0.891. The van der Waals surface area contributed by atoms with Gasteiger partial charge in [0, 0.05) is 19.1 Å². The zero-order valence-corrected chi connectivity index (χ0v) is 25.5. The van der Waals surface area contributed by atoms with Crippen LogP contribution in [-0.4, -0.2) is 96.4 Å². The van der Waals surface area contributed by atoms with Crippen LogP contribution in [0, 0.1) is 6.92 Å². The predicted octanol–water partition coefficient (Wildman–Crippen LogP) is 3.74. The fourth-order valence-corrected chi connectivity index (χ4v) is 3.74. The van der Waals surface area contributed by atoms with Gasteiger partial charge in [-0.2, -0.15) is 0 Å². The second kappa shape index (κ2) is 18.0. The van der Waals surface area contributed by atoms with E-state index in [1.165, 1.54) is 12.1 Å². The highest BCUT2D eigenvalue weighted by Gasteiger charge is 2.26. The first kappa shape index (κ1) is 35.5. The number of carbonyl (C=O) groups excluding carboxylic acids is 1. The van der Waals surface area contributed by atoms with E-state index in [2.05, 4.69) is 19.4 Å². The first-order valence-corrected chi connectivity index (χ1v) is 14.6. The van der Waals surface area contributed by atoms with E-state index in [-0.39, 0.29) is 23.1 Å². The molecule has 0 spiro atoms. The highest BCUT2D eigenvalue weighted by atomic mass is 32.2. The van der Waals surface area contributed by atoms with Gasteiger partial charge in [-0.1, -0.05) is 48.0 Å². The second-order valence-electron chi connectivity index (χ2n) is 10.7. The lowest BCUT2D eigenvalue weighted by Gasteiger charge is -2.34. The number of hydrogen-bond acceptors (Lipinski definition) is 8. The second-order valence-corrected chi connectivity index (χ2v) is 12.1. The maximum Gasteiger partial charge on any atom is 0.407 e. The van der Waals surface area contributed by atoms with Crippen molar-refractivity contribution in [3.8, 4) is 0 Å². The smallest absolute Gasteiger partial charge is 0.407 e. The van der Waals surface area contributed by atoms with E-state index in [0.717, 1.165) is 35.1 Å². The van der Waals surface area contributed by atoms with Gasteiger partial charge in [-0.25, -0.2) is 13.2 Å². The molecule has 0 aliphatic carbocycles. The predicted molar refractivity (Wildman–Crippen MR) is 153 cm³/mol. The summed E-state index contributed by atoms with van der Waals surface area (Å²) in [5.41, 5.74) is 1.55. The number of quaternary nitrogens is 1. The Hall–Kier alpha value is -2.54. The van der Waals surface area contributed by atoms with E-state index in [1.54, 1.807) is 19.2 Å². The summed E-state index contributed by atoms with van der Waals surface area (Å²) in [7, 11) is 1.73. The van der Waals surface area contributed by atoms with Crippen LogP contribution in [0.1, 0.15) is 31.4 Å². The van der Waals surface area contributed by atoms with Crippen molar-refractivity contribution in [3.05, 3.63) is 65.7 Å². The number of amides is 1. The number of rotatable bonds is 16.